The average Bonchev–Trinajstić information content (AvgIpc) is 2.52. The Morgan fingerprint density at radius 1 is 1.25 bits per heavy atom. The fourth-order valence-electron chi connectivity index (χ4n) is 1.91. The van der Waals surface area contributed by atoms with E-state index in [0.717, 1.165) is 29.8 Å². The first-order valence-corrected chi connectivity index (χ1v) is 6.57. The van der Waals surface area contributed by atoms with E-state index >= 15 is 0 Å². The Hall–Kier alpha value is -2.27. The van der Waals surface area contributed by atoms with Gasteiger partial charge in [-0.05, 0) is 37.7 Å². The maximum Gasteiger partial charge on any atom is 0.251 e. The number of hydrogen-bond acceptors (Lipinski definition) is 4. The Balaban J connectivity index is 2.01. The van der Waals surface area contributed by atoms with Crippen molar-refractivity contribution in [2.75, 3.05) is 13.6 Å². The predicted octanol–water partition coefficient (Wildman–Crippen LogP) is 1.17. The van der Waals surface area contributed by atoms with E-state index in [-0.39, 0.29) is 5.91 Å². The van der Waals surface area contributed by atoms with E-state index in [0.29, 0.717) is 6.54 Å². The van der Waals surface area contributed by atoms with E-state index in [2.05, 4.69) is 20.6 Å². The third-order valence-corrected chi connectivity index (χ3v) is 2.98. The molecular formula is C15H18N4O. The molecule has 0 unspecified atom stereocenters. The number of rotatable bonds is 6. The van der Waals surface area contributed by atoms with Gasteiger partial charge in [-0.25, -0.2) is 9.97 Å². The molecule has 2 N–H and O–H groups in total. The second-order valence-corrected chi connectivity index (χ2v) is 4.39. The summed E-state index contributed by atoms with van der Waals surface area (Å²) in [5.74, 6) is -0.0738. The zero-order chi connectivity index (χ0) is 14.2. The smallest absolute Gasteiger partial charge is 0.251 e. The quantitative estimate of drug-likeness (QED) is 0.827. The number of likely N-dealkylation sites (N-methyl/N-ethyl adjacent to an activating group) is 1. The Kier molecular flexibility index (Phi) is 5.20. The summed E-state index contributed by atoms with van der Waals surface area (Å²) in [4.78, 5) is 20.2. The molecule has 0 spiro atoms. The van der Waals surface area contributed by atoms with Crippen LogP contribution in [-0.2, 0) is 13.0 Å². The van der Waals surface area contributed by atoms with Crippen molar-refractivity contribution in [1.29, 1.82) is 0 Å². The van der Waals surface area contributed by atoms with E-state index < -0.39 is 0 Å². The van der Waals surface area contributed by atoms with Gasteiger partial charge in [-0.3, -0.25) is 4.79 Å². The van der Waals surface area contributed by atoms with Crippen molar-refractivity contribution in [3.8, 4) is 0 Å². The lowest BCUT2D eigenvalue weighted by Crippen LogP contribution is -2.25. The summed E-state index contributed by atoms with van der Waals surface area (Å²) in [7, 11) is 1.90. The van der Waals surface area contributed by atoms with Gasteiger partial charge in [0.15, 0.2) is 0 Å². The molecule has 0 fully saturated rings. The van der Waals surface area contributed by atoms with E-state index in [1.54, 1.807) is 12.3 Å². The van der Waals surface area contributed by atoms with E-state index in [4.69, 9.17) is 0 Å². The molecule has 0 aliphatic carbocycles. The Morgan fingerprint density at radius 2 is 2.10 bits per heavy atom. The summed E-state index contributed by atoms with van der Waals surface area (Å²) in [6.07, 6.45) is 3.96. The fraction of sp³-hybridized carbons (Fsp3) is 0.267. The van der Waals surface area contributed by atoms with Crippen molar-refractivity contribution in [2.45, 2.75) is 13.0 Å². The normalized spacial score (nSPS) is 10.2. The molecule has 2 rings (SSSR count). The molecule has 0 atom stereocenters. The van der Waals surface area contributed by atoms with Crippen LogP contribution in [0.15, 0.2) is 42.9 Å². The summed E-state index contributed by atoms with van der Waals surface area (Å²) in [6, 6.07) is 9.44. The summed E-state index contributed by atoms with van der Waals surface area (Å²) in [5, 5.41) is 5.97. The minimum absolute atomic E-state index is 0.0738. The lowest BCUT2D eigenvalue weighted by molar-refractivity contribution is 0.0949. The van der Waals surface area contributed by atoms with Crippen molar-refractivity contribution in [1.82, 2.24) is 20.6 Å². The molecule has 5 heteroatoms. The summed E-state index contributed by atoms with van der Waals surface area (Å²) in [5.41, 5.74) is 2.56. The number of carbonyl (C=O) groups excluding carboxylic acids is 1. The molecule has 1 amide bonds. The van der Waals surface area contributed by atoms with Crippen LogP contribution >= 0.6 is 0 Å². The summed E-state index contributed by atoms with van der Waals surface area (Å²) < 4.78 is 0. The van der Waals surface area contributed by atoms with Gasteiger partial charge in [0.25, 0.3) is 5.91 Å². The topological polar surface area (TPSA) is 66.9 Å². The van der Waals surface area contributed by atoms with Crippen molar-refractivity contribution < 1.29 is 4.79 Å². The average molecular weight is 270 g/mol. The van der Waals surface area contributed by atoms with Crippen LogP contribution in [0.1, 0.15) is 21.6 Å². The Morgan fingerprint density at radius 3 is 2.85 bits per heavy atom. The molecule has 2 aromatic rings. The molecule has 0 aliphatic rings. The lowest BCUT2D eigenvalue weighted by atomic mass is 10.0. The highest BCUT2D eigenvalue weighted by atomic mass is 16.1. The number of amides is 1. The number of hydrogen-bond donors (Lipinski definition) is 2. The van der Waals surface area contributed by atoms with Crippen molar-refractivity contribution in [3.63, 3.8) is 0 Å². The molecule has 0 radical (unpaired) electrons. The van der Waals surface area contributed by atoms with Crippen LogP contribution in [0.25, 0.3) is 0 Å². The number of nitrogens with one attached hydrogen (secondary N) is 2. The molecule has 1 aromatic carbocycles. The largest absolute Gasteiger partial charge is 0.346 e. The van der Waals surface area contributed by atoms with E-state index in [1.807, 2.05) is 31.3 Å². The van der Waals surface area contributed by atoms with Crippen LogP contribution in [0.3, 0.4) is 0 Å². The summed E-state index contributed by atoms with van der Waals surface area (Å²) >= 11 is 0. The zero-order valence-electron chi connectivity index (χ0n) is 11.5. The highest BCUT2D eigenvalue weighted by molar-refractivity contribution is 5.95. The van der Waals surface area contributed by atoms with Gasteiger partial charge in [0.05, 0.1) is 12.2 Å². The Bertz CT molecular complexity index is 557. The van der Waals surface area contributed by atoms with Crippen molar-refractivity contribution in [3.05, 3.63) is 59.7 Å². The Labute approximate surface area is 118 Å². The standard InChI is InChI=1S/C15H18N4O/c1-16-8-6-12-4-2-3-5-14(12)15(20)18-10-13-7-9-17-11-19-13/h2-5,7,9,11,16H,6,8,10H2,1H3,(H,18,20). The molecule has 0 saturated carbocycles. The number of benzene rings is 1. The SMILES string of the molecule is CNCCc1ccccc1C(=O)NCc1ccncn1. The molecule has 104 valence electrons. The zero-order valence-corrected chi connectivity index (χ0v) is 11.5. The van der Waals surface area contributed by atoms with E-state index in [1.165, 1.54) is 6.33 Å². The van der Waals surface area contributed by atoms with E-state index in [9.17, 15) is 4.79 Å². The molecule has 0 bridgehead atoms. The maximum atomic E-state index is 12.2. The lowest BCUT2D eigenvalue weighted by Gasteiger charge is -2.09. The van der Waals surface area contributed by atoms with Gasteiger partial charge in [0.2, 0.25) is 0 Å². The van der Waals surface area contributed by atoms with Crippen LogP contribution < -0.4 is 10.6 Å². The minimum atomic E-state index is -0.0738. The molecule has 0 saturated heterocycles. The second kappa shape index (κ2) is 7.35. The van der Waals surface area contributed by atoms with Crippen LogP contribution in [0.4, 0.5) is 0 Å². The molecule has 5 nitrogen and oxygen atoms in total. The second-order valence-electron chi connectivity index (χ2n) is 4.39. The predicted molar refractivity (Wildman–Crippen MR) is 77.3 cm³/mol. The molecular weight excluding hydrogens is 252 g/mol. The molecule has 1 heterocycles. The number of nitrogens with zero attached hydrogens (tertiary/aromatic N) is 2. The van der Waals surface area contributed by atoms with Crippen molar-refractivity contribution >= 4 is 5.91 Å². The van der Waals surface area contributed by atoms with Crippen LogP contribution in [0.2, 0.25) is 0 Å². The highest BCUT2D eigenvalue weighted by Gasteiger charge is 2.10. The van der Waals surface area contributed by atoms with Crippen molar-refractivity contribution in [2.24, 2.45) is 0 Å². The van der Waals surface area contributed by atoms with Gasteiger partial charge in [0, 0.05) is 11.8 Å². The summed E-state index contributed by atoms with van der Waals surface area (Å²) in [6.45, 7) is 1.25. The monoisotopic (exact) mass is 270 g/mol. The third-order valence-electron chi connectivity index (χ3n) is 2.98. The van der Waals surface area contributed by atoms with Gasteiger partial charge in [0.1, 0.15) is 6.33 Å². The first-order valence-electron chi connectivity index (χ1n) is 6.57. The maximum absolute atomic E-state index is 12.2. The van der Waals surface area contributed by atoms with Gasteiger partial charge in [-0.1, -0.05) is 18.2 Å². The van der Waals surface area contributed by atoms with Gasteiger partial charge >= 0.3 is 0 Å². The van der Waals surface area contributed by atoms with Crippen LogP contribution in [-0.4, -0.2) is 29.5 Å². The number of aromatic nitrogens is 2. The fourth-order valence-corrected chi connectivity index (χ4v) is 1.91. The molecule has 1 aromatic heterocycles. The first-order chi connectivity index (χ1) is 9.81. The minimum Gasteiger partial charge on any atom is -0.346 e. The number of carbonyl (C=O) groups is 1. The van der Waals surface area contributed by atoms with Gasteiger partial charge in [-0.2, -0.15) is 0 Å². The highest BCUT2D eigenvalue weighted by Crippen LogP contribution is 2.09. The van der Waals surface area contributed by atoms with Crippen LogP contribution in [0.5, 0.6) is 0 Å². The molecule has 20 heavy (non-hydrogen) atoms. The third kappa shape index (κ3) is 3.86. The van der Waals surface area contributed by atoms with Gasteiger partial charge < -0.3 is 10.6 Å². The molecule has 0 aliphatic heterocycles. The van der Waals surface area contributed by atoms with Gasteiger partial charge in [-0.15, -0.1) is 0 Å². The van der Waals surface area contributed by atoms with Crippen LogP contribution in [0, 0.1) is 0 Å². The first kappa shape index (κ1) is 14.1.